The first-order chi connectivity index (χ1) is 13.2. The lowest BCUT2D eigenvalue weighted by molar-refractivity contribution is 0.168. The summed E-state index contributed by atoms with van der Waals surface area (Å²) in [6, 6.07) is 22.1. The number of benzene rings is 2. The Labute approximate surface area is 158 Å². The molecule has 2 aromatic carbocycles. The minimum Gasteiger partial charge on any atom is -0.450 e. The van der Waals surface area contributed by atoms with E-state index in [0.717, 1.165) is 5.56 Å². The van der Waals surface area contributed by atoms with E-state index in [2.05, 4.69) is 52.0 Å². The van der Waals surface area contributed by atoms with Crippen molar-refractivity contribution >= 4 is 23.4 Å². The average molecular weight is 362 g/mol. The van der Waals surface area contributed by atoms with Crippen molar-refractivity contribution in [2.45, 2.75) is 13.5 Å². The minimum absolute atomic E-state index is 0.229. The topological polar surface area (TPSA) is 89.3 Å². The van der Waals surface area contributed by atoms with Crippen LogP contribution in [0.3, 0.4) is 0 Å². The highest BCUT2D eigenvalue weighted by molar-refractivity contribution is 5.88. The van der Waals surface area contributed by atoms with Gasteiger partial charge in [0.2, 0.25) is 0 Å². The number of nitrogens with two attached hydrogens (primary N) is 1. The van der Waals surface area contributed by atoms with Crippen molar-refractivity contribution in [2.24, 2.45) is 0 Å². The largest absolute Gasteiger partial charge is 0.450 e. The van der Waals surface area contributed by atoms with E-state index >= 15 is 0 Å². The SMILES string of the molecule is CCOC(=O)Nc1ccc(NCc2ccc(-c3ccccc3)cc2)nc1N. The summed E-state index contributed by atoms with van der Waals surface area (Å²) in [6.07, 6.45) is -0.551. The first kappa shape index (κ1) is 18.3. The van der Waals surface area contributed by atoms with E-state index in [0.29, 0.717) is 24.7 Å². The number of aromatic nitrogens is 1. The molecule has 6 heteroatoms. The first-order valence-electron chi connectivity index (χ1n) is 8.74. The number of ether oxygens (including phenoxy) is 1. The third-order valence-electron chi connectivity index (χ3n) is 3.97. The lowest BCUT2D eigenvalue weighted by Crippen LogP contribution is -2.15. The summed E-state index contributed by atoms with van der Waals surface area (Å²) in [4.78, 5) is 15.7. The fourth-order valence-corrected chi connectivity index (χ4v) is 2.59. The average Bonchev–Trinajstić information content (AvgIpc) is 2.69. The molecule has 1 aromatic heterocycles. The standard InChI is InChI=1S/C21H22N4O2/c1-2-27-21(26)24-18-12-13-19(25-20(18)22)23-14-15-8-10-17(11-9-15)16-6-4-3-5-7-16/h3-13H,2,14H2,1H3,(H,24,26)(H3,22,23,25). The summed E-state index contributed by atoms with van der Waals surface area (Å²) in [5.74, 6) is 0.863. The van der Waals surface area contributed by atoms with Crippen LogP contribution in [0.15, 0.2) is 66.7 Å². The fourth-order valence-electron chi connectivity index (χ4n) is 2.59. The van der Waals surface area contributed by atoms with E-state index in [1.165, 1.54) is 11.1 Å². The van der Waals surface area contributed by atoms with Gasteiger partial charge in [0.1, 0.15) is 11.6 Å². The second-order valence-electron chi connectivity index (χ2n) is 5.89. The molecular weight excluding hydrogens is 340 g/mol. The van der Waals surface area contributed by atoms with Gasteiger partial charge in [-0.15, -0.1) is 0 Å². The van der Waals surface area contributed by atoms with Crippen molar-refractivity contribution in [2.75, 3.05) is 23.0 Å². The van der Waals surface area contributed by atoms with E-state index in [4.69, 9.17) is 10.5 Å². The first-order valence-corrected chi connectivity index (χ1v) is 8.74. The van der Waals surface area contributed by atoms with Gasteiger partial charge >= 0.3 is 6.09 Å². The molecular formula is C21H22N4O2. The smallest absolute Gasteiger partial charge is 0.411 e. The quantitative estimate of drug-likeness (QED) is 0.600. The van der Waals surface area contributed by atoms with Crippen LogP contribution < -0.4 is 16.4 Å². The number of pyridine rings is 1. The summed E-state index contributed by atoms with van der Waals surface area (Å²) in [7, 11) is 0. The number of nitrogens with one attached hydrogen (secondary N) is 2. The lowest BCUT2D eigenvalue weighted by Gasteiger charge is -2.11. The summed E-state index contributed by atoms with van der Waals surface area (Å²) in [5, 5.41) is 5.79. The zero-order valence-electron chi connectivity index (χ0n) is 15.1. The Morgan fingerprint density at radius 2 is 1.70 bits per heavy atom. The molecule has 0 aliphatic carbocycles. The van der Waals surface area contributed by atoms with Crippen molar-refractivity contribution < 1.29 is 9.53 Å². The van der Waals surface area contributed by atoms with Crippen molar-refractivity contribution in [3.8, 4) is 11.1 Å². The Morgan fingerprint density at radius 1 is 1.00 bits per heavy atom. The maximum absolute atomic E-state index is 11.5. The van der Waals surface area contributed by atoms with Crippen LogP contribution in [0, 0.1) is 0 Å². The van der Waals surface area contributed by atoms with Crippen LogP contribution in [0.1, 0.15) is 12.5 Å². The Morgan fingerprint density at radius 3 is 2.37 bits per heavy atom. The van der Waals surface area contributed by atoms with Gasteiger partial charge in [0.25, 0.3) is 0 Å². The summed E-state index contributed by atoms with van der Waals surface area (Å²) >= 11 is 0. The molecule has 3 rings (SSSR count). The molecule has 1 heterocycles. The molecule has 6 nitrogen and oxygen atoms in total. The van der Waals surface area contributed by atoms with Crippen LogP contribution in [0.25, 0.3) is 11.1 Å². The number of rotatable bonds is 6. The molecule has 1 amide bonds. The zero-order chi connectivity index (χ0) is 19.1. The fraction of sp³-hybridized carbons (Fsp3) is 0.143. The molecule has 0 radical (unpaired) electrons. The van der Waals surface area contributed by atoms with Gasteiger partial charge in [-0.25, -0.2) is 9.78 Å². The minimum atomic E-state index is -0.551. The summed E-state index contributed by atoms with van der Waals surface area (Å²) < 4.78 is 4.83. The van der Waals surface area contributed by atoms with Gasteiger partial charge < -0.3 is 15.8 Å². The molecule has 0 unspecified atom stereocenters. The molecule has 27 heavy (non-hydrogen) atoms. The third-order valence-corrected chi connectivity index (χ3v) is 3.97. The van der Waals surface area contributed by atoms with Gasteiger partial charge in [-0.2, -0.15) is 0 Å². The Bertz CT molecular complexity index is 896. The number of carbonyl (C=O) groups excluding carboxylic acids is 1. The van der Waals surface area contributed by atoms with Crippen LogP contribution >= 0.6 is 0 Å². The van der Waals surface area contributed by atoms with Crippen molar-refractivity contribution in [3.63, 3.8) is 0 Å². The van der Waals surface area contributed by atoms with E-state index in [9.17, 15) is 4.79 Å². The maximum Gasteiger partial charge on any atom is 0.411 e. The number of amides is 1. The molecule has 4 N–H and O–H groups in total. The van der Waals surface area contributed by atoms with E-state index in [-0.39, 0.29) is 5.82 Å². The van der Waals surface area contributed by atoms with E-state index in [1.54, 1.807) is 19.1 Å². The van der Waals surface area contributed by atoms with Crippen LogP contribution in [0.4, 0.5) is 22.1 Å². The Hall–Kier alpha value is -3.54. The molecule has 0 atom stereocenters. The van der Waals surface area contributed by atoms with Crippen LogP contribution in [0.5, 0.6) is 0 Å². The van der Waals surface area contributed by atoms with Gasteiger partial charge in [0, 0.05) is 6.54 Å². The lowest BCUT2D eigenvalue weighted by atomic mass is 10.0. The predicted molar refractivity (Wildman–Crippen MR) is 108 cm³/mol. The molecule has 0 fully saturated rings. The Kier molecular flexibility index (Phi) is 5.89. The van der Waals surface area contributed by atoms with E-state index in [1.807, 2.05) is 18.2 Å². The van der Waals surface area contributed by atoms with Gasteiger partial charge in [-0.3, -0.25) is 5.32 Å². The number of nitrogen functional groups attached to an aromatic ring is 1. The molecule has 0 spiro atoms. The normalized spacial score (nSPS) is 10.3. The molecule has 0 bridgehead atoms. The van der Waals surface area contributed by atoms with Crippen molar-refractivity contribution in [1.29, 1.82) is 0 Å². The van der Waals surface area contributed by atoms with Crippen LogP contribution in [0.2, 0.25) is 0 Å². The van der Waals surface area contributed by atoms with Gasteiger partial charge in [0.15, 0.2) is 0 Å². The highest BCUT2D eigenvalue weighted by Gasteiger charge is 2.07. The monoisotopic (exact) mass is 362 g/mol. The van der Waals surface area contributed by atoms with Gasteiger partial charge in [-0.05, 0) is 35.7 Å². The van der Waals surface area contributed by atoms with Gasteiger partial charge in [0.05, 0.1) is 12.3 Å². The van der Waals surface area contributed by atoms with Crippen molar-refractivity contribution in [1.82, 2.24) is 4.98 Å². The highest BCUT2D eigenvalue weighted by Crippen LogP contribution is 2.21. The van der Waals surface area contributed by atoms with Gasteiger partial charge in [-0.1, -0.05) is 54.6 Å². The molecule has 0 aliphatic heterocycles. The number of hydrogen-bond acceptors (Lipinski definition) is 5. The highest BCUT2D eigenvalue weighted by atomic mass is 16.5. The second-order valence-corrected chi connectivity index (χ2v) is 5.89. The summed E-state index contributed by atoms with van der Waals surface area (Å²) in [6.45, 7) is 2.65. The number of anilines is 3. The van der Waals surface area contributed by atoms with Crippen molar-refractivity contribution in [3.05, 3.63) is 72.3 Å². The molecule has 138 valence electrons. The predicted octanol–water partition coefficient (Wildman–Crippen LogP) is 4.51. The summed E-state index contributed by atoms with van der Waals surface area (Å²) in [5.41, 5.74) is 9.82. The zero-order valence-corrected chi connectivity index (χ0v) is 15.1. The maximum atomic E-state index is 11.5. The van der Waals surface area contributed by atoms with Crippen LogP contribution in [-0.2, 0) is 11.3 Å². The molecule has 0 saturated carbocycles. The second kappa shape index (κ2) is 8.71. The number of carbonyl (C=O) groups is 1. The molecule has 3 aromatic rings. The third kappa shape index (κ3) is 4.98. The molecule has 0 saturated heterocycles. The molecule has 0 aliphatic rings. The Balaban J connectivity index is 1.60. The van der Waals surface area contributed by atoms with Crippen LogP contribution in [-0.4, -0.2) is 17.7 Å². The number of hydrogen-bond donors (Lipinski definition) is 3. The van der Waals surface area contributed by atoms with E-state index < -0.39 is 6.09 Å². The number of nitrogens with zero attached hydrogens (tertiary/aromatic N) is 1.